The van der Waals surface area contributed by atoms with Gasteiger partial charge in [0.15, 0.2) is 0 Å². The maximum Gasteiger partial charge on any atom is 0.230 e. The highest BCUT2D eigenvalue weighted by atomic mass is 16.2. The van der Waals surface area contributed by atoms with Crippen LogP contribution < -0.4 is 0 Å². The Morgan fingerprint density at radius 2 is 2.21 bits per heavy atom. The zero-order chi connectivity index (χ0) is 14.0. The molecule has 0 bridgehead atoms. The molecule has 1 amide bonds. The summed E-state index contributed by atoms with van der Waals surface area (Å²) in [4.78, 5) is 14.8. The average molecular weight is 261 g/mol. The fourth-order valence-electron chi connectivity index (χ4n) is 3.30. The lowest BCUT2D eigenvalue weighted by Crippen LogP contribution is -2.38. The van der Waals surface area contributed by atoms with Crippen LogP contribution >= 0.6 is 0 Å². The Morgan fingerprint density at radius 1 is 1.47 bits per heavy atom. The SMILES string of the molecule is CCC1C[C@@H](C)N(C(=O)C(C)C2=CC(C)CC=C2)C1. The first-order valence-electron chi connectivity index (χ1n) is 7.71. The molecule has 4 atom stereocenters. The van der Waals surface area contributed by atoms with E-state index in [4.69, 9.17) is 0 Å². The van der Waals surface area contributed by atoms with Gasteiger partial charge in [0.1, 0.15) is 0 Å². The van der Waals surface area contributed by atoms with Gasteiger partial charge in [-0.2, -0.15) is 0 Å². The van der Waals surface area contributed by atoms with Crippen LogP contribution in [0, 0.1) is 17.8 Å². The molecule has 1 fully saturated rings. The van der Waals surface area contributed by atoms with Gasteiger partial charge in [0.05, 0.1) is 5.92 Å². The lowest BCUT2D eigenvalue weighted by Gasteiger charge is -2.27. The molecule has 0 radical (unpaired) electrons. The molecule has 1 aliphatic heterocycles. The summed E-state index contributed by atoms with van der Waals surface area (Å²) in [5, 5.41) is 0. The molecule has 2 aliphatic rings. The molecular formula is C17H27NO. The predicted molar refractivity (Wildman–Crippen MR) is 79.7 cm³/mol. The minimum absolute atomic E-state index is 0.0112. The number of carbonyl (C=O) groups is 1. The first kappa shape index (κ1) is 14.4. The number of hydrogen-bond acceptors (Lipinski definition) is 1. The summed E-state index contributed by atoms with van der Waals surface area (Å²) in [6, 6.07) is 0.408. The Hall–Kier alpha value is -1.05. The monoisotopic (exact) mass is 261 g/mol. The van der Waals surface area contributed by atoms with E-state index in [1.807, 2.05) is 0 Å². The second-order valence-electron chi connectivity index (χ2n) is 6.35. The highest BCUT2D eigenvalue weighted by Crippen LogP contribution is 2.29. The number of likely N-dealkylation sites (tertiary alicyclic amines) is 1. The molecule has 1 saturated heterocycles. The van der Waals surface area contributed by atoms with Crippen molar-refractivity contribution in [3.8, 4) is 0 Å². The van der Waals surface area contributed by atoms with E-state index in [1.54, 1.807) is 0 Å². The van der Waals surface area contributed by atoms with E-state index in [-0.39, 0.29) is 5.92 Å². The van der Waals surface area contributed by atoms with Crippen LogP contribution in [-0.2, 0) is 4.79 Å². The topological polar surface area (TPSA) is 20.3 Å². The molecule has 1 aliphatic carbocycles. The van der Waals surface area contributed by atoms with Crippen LogP contribution in [0.2, 0.25) is 0 Å². The molecule has 2 nitrogen and oxygen atoms in total. The van der Waals surface area contributed by atoms with Crippen molar-refractivity contribution >= 4 is 5.91 Å². The Kier molecular flexibility index (Phi) is 4.49. The molecular weight excluding hydrogens is 234 g/mol. The van der Waals surface area contributed by atoms with E-state index in [2.05, 4.69) is 50.8 Å². The van der Waals surface area contributed by atoms with Crippen LogP contribution in [0.5, 0.6) is 0 Å². The van der Waals surface area contributed by atoms with Crippen molar-refractivity contribution in [2.75, 3.05) is 6.54 Å². The van der Waals surface area contributed by atoms with Crippen molar-refractivity contribution in [3.63, 3.8) is 0 Å². The smallest absolute Gasteiger partial charge is 0.230 e. The van der Waals surface area contributed by atoms with Crippen LogP contribution in [0.25, 0.3) is 0 Å². The van der Waals surface area contributed by atoms with Gasteiger partial charge < -0.3 is 4.90 Å². The van der Waals surface area contributed by atoms with Crippen molar-refractivity contribution in [2.45, 2.75) is 53.0 Å². The number of nitrogens with zero attached hydrogens (tertiary/aromatic N) is 1. The second-order valence-corrected chi connectivity index (χ2v) is 6.35. The number of allylic oxidation sites excluding steroid dienone is 3. The van der Waals surface area contributed by atoms with Crippen molar-refractivity contribution in [2.24, 2.45) is 17.8 Å². The molecule has 0 saturated carbocycles. The normalized spacial score (nSPS) is 32.3. The number of rotatable bonds is 3. The largest absolute Gasteiger partial charge is 0.339 e. The van der Waals surface area contributed by atoms with Gasteiger partial charge in [0.2, 0.25) is 5.91 Å². The summed E-state index contributed by atoms with van der Waals surface area (Å²) >= 11 is 0. The molecule has 0 aromatic heterocycles. The second kappa shape index (κ2) is 5.94. The van der Waals surface area contributed by atoms with Gasteiger partial charge >= 0.3 is 0 Å². The van der Waals surface area contributed by atoms with E-state index < -0.39 is 0 Å². The van der Waals surface area contributed by atoms with Crippen molar-refractivity contribution in [3.05, 3.63) is 23.8 Å². The van der Waals surface area contributed by atoms with Gasteiger partial charge in [-0.15, -0.1) is 0 Å². The molecule has 1 heterocycles. The summed E-state index contributed by atoms with van der Waals surface area (Å²) in [5.74, 6) is 1.58. The third kappa shape index (κ3) is 3.10. The van der Waals surface area contributed by atoms with E-state index in [0.29, 0.717) is 23.8 Å². The van der Waals surface area contributed by atoms with Crippen molar-refractivity contribution in [1.82, 2.24) is 4.90 Å². The molecule has 0 N–H and O–H groups in total. The van der Waals surface area contributed by atoms with Crippen LogP contribution in [0.3, 0.4) is 0 Å². The van der Waals surface area contributed by atoms with Crippen molar-refractivity contribution < 1.29 is 4.79 Å². The maximum absolute atomic E-state index is 12.7. The fourth-order valence-corrected chi connectivity index (χ4v) is 3.30. The molecule has 19 heavy (non-hydrogen) atoms. The highest BCUT2D eigenvalue weighted by molar-refractivity contribution is 5.82. The van der Waals surface area contributed by atoms with Gasteiger partial charge in [0, 0.05) is 12.6 Å². The Morgan fingerprint density at radius 3 is 2.79 bits per heavy atom. The first-order valence-corrected chi connectivity index (χ1v) is 7.71. The van der Waals surface area contributed by atoms with Gasteiger partial charge in [0.25, 0.3) is 0 Å². The Bertz CT molecular complexity index is 396. The van der Waals surface area contributed by atoms with Crippen LogP contribution in [0.4, 0.5) is 0 Å². The van der Waals surface area contributed by atoms with Crippen LogP contribution in [0.1, 0.15) is 47.0 Å². The molecule has 2 rings (SSSR count). The Labute approximate surface area is 117 Å². The minimum atomic E-state index is 0.0112. The molecule has 106 valence electrons. The molecule has 2 heteroatoms. The average Bonchev–Trinajstić information content (AvgIpc) is 2.78. The molecule has 3 unspecified atom stereocenters. The van der Waals surface area contributed by atoms with Gasteiger partial charge in [-0.25, -0.2) is 0 Å². The Balaban J connectivity index is 2.05. The minimum Gasteiger partial charge on any atom is -0.339 e. The summed E-state index contributed by atoms with van der Waals surface area (Å²) in [6.45, 7) is 9.64. The molecule has 0 aromatic rings. The van der Waals surface area contributed by atoms with Gasteiger partial charge in [-0.05, 0) is 44.1 Å². The standard InChI is InChI=1S/C17H27NO/c1-5-15-10-13(3)18(11-15)17(19)14(4)16-8-6-7-12(2)9-16/h6,8-9,12-15H,5,7,10-11H2,1-4H3/t12?,13-,14?,15?/m1/s1. The predicted octanol–water partition coefficient (Wildman–Crippen LogP) is 3.79. The lowest BCUT2D eigenvalue weighted by atomic mass is 9.90. The third-order valence-electron chi connectivity index (χ3n) is 4.69. The van der Waals surface area contributed by atoms with Crippen LogP contribution in [-0.4, -0.2) is 23.4 Å². The summed E-state index contributed by atoms with van der Waals surface area (Å²) in [7, 11) is 0. The number of amides is 1. The lowest BCUT2D eigenvalue weighted by molar-refractivity contribution is -0.134. The third-order valence-corrected chi connectivity index (χ3v) is 4.69. The first-order chi connectivity index (χ1) is 9.02. The molecule has 0 aromatic carbocycles. The van der Waals surface area contributed by atoms with E-state index in [0.717, 1.165) is 13.0 Å². The quantitative estimate of drug-likeness (QED) is 0.757. The number of hydrogen-bond donors (Lipinski definition) is 0. The summed E-state index contributed by atoms with van der Waals surface area (Å²) in [6.07, 6.45) is 10.1. The summed E-state index contributed by atoms with van der Waals surface area (Å²) in [5.41, 5.74) is 1.20. The number of carbonyl (C=O) groups excluding carboxylic acids is 1. The van der Waals surface area contributed by atoms with Crippen molar-refractivity contribution in [1.29, 1.82) is 0 Å². The van der Waals surface area contributed by atoms with E-state index in [9.17, 15) is 4.79 Å². The van der Waals surface area contributed by atoms with E-state index in [1.165, 1.54) is 18.4 Å². The highest BCUT2D eigenvalue weighted by Gasteiger charge is 2.34. The zero-order valence-corrected chi connectivity index (χ0v) is 12.7. The molecule has 0 spiro atoms. The van der Waals surface area contributed by atoms with Crippen LogP contribution in [0.15, 0.2) is 23.8 Å². The zero-order valence-electron chi connectivity index (χ0n) is 12.7. The maximum atomic E-state index is 12.7. The van der Waals surface area contributed by atoms with Gasteiger partial charge in [-0.1, -0.05) is 38.5 Å². The van der Waals surface area contributed by atoms with E-state index >= 15 is 0 Å². The van der Waals surface area contributed by atoms with Gasteiger partial charge in [-0.3, -0.25) is 4.79 Å². The summed E-state index contributed by atoms with van der Waals surface area (Å²) < 4.78 is 0. The fraction of sp³-hybridized carbons (Fsp3) is 0.706.